The first-order valence-corrected chi connectivity index (χ1v) is 6.72. The van der Waals surface area contributed by atoms with Gasteiger partial charge in [0, 0.05) is 12.8 Å². The number of hydrogen-bond acceptors (Lipinski definition) is 8. The van der Waals surface area contributed by atoms with Crippen LogP contribution in [0.5, 0.6) is 5.88 Å². The molecule has 1 aromatic rings. The van der Waals surface area contributed by atoms with Crippen molar-refractivity contribution in [2.75, 3.05) is 13.2 Å². The van der Waals surface area contributed by atoms with Crippen LogP contribution in [0.2, 0.25) is 0 Å². The lowest BCUT2D eigenvalue weighted by Crippen LogP contribution is -2.08. The Balaban J connectivity index is 0.000000796. The van der Waals surface area contributed by atoms with E-state index >= 15 is 0 Å². The van der Waals surface area contributed by atoms with E-state index in [2.05, 4.69) is 4.99 Å². The second-order valence-corrected chi connectivity index (χ2v) is 5.13. The molecule has 114 valence electrons. The van der Waals surface area contributed by atoms with Crippen LogP contribution in [0.15, 0.2) is 4.99 Å². The van der Waals surface area contributed by atoms with Gasteiger partial charge in [0.05, 0.1) is 6.61 Å². The Bertz CT molecular complexity index is 507. The van der Waals surface area contributed by atoms with Crippen molar-refractivity contribution in [1.29, 1.82) is 0 Å². The first kappa shape index (κ1) is 18.7. The minimum atomic E-state index is -1.09. The van der Waals surface area contributed by atoms with Crippen LogP contribution in [0, 0.1) is 3.95 Å². The number of aliphatic hydroxyl groups excluding tert-OH is 2. The summed E-state index contributed by atoms with van der Waals surface area (Å²) in [6, 6.07) is 0. The lowest BCUT2D eigenvalue weighted by atomic mass is 10.5. The fraction of sp³-hybridized carbons (Fsp3) is 0.500. The zero-order valence-corrected chi connectivity index (χ0v) is 12.4. The van der Waals surface area contributed by atoms with E-state index in [0.29, 0.717) is 11.4 Å². The van der Waals surface area contributed by atoms with E-state index in [4.69, 9.17) is 33.3 Å². The van der Waals surface area contributed by atoms with Gasteiger partial charge in [-0.15, -0.1) is 0 Å². The first-order chi connectivity index (χ1) is 9.33. The molecule has 1 heterocycles. The summed E-state index contributed by atoms with van der Waals surface area (Å²) < 4.78 is 1.33. The molecule has 20 heavy (non-hydrogen) atoms. The summed E-state index contributed by atoms with van der Waals surface area (Å²) in [6.07, 6.45) is 0.377. The molecule has 0 saturated heterocycles. The number of aliphatic carboxylic acids is 1. The Morgan fingerprint density at radius 1 is 1.65 bits per heavy atom. The standard InChI is InChI=1S/C8H10N2O4S2.C2H7NO/c1-4(11)9-2-5-7(14)10(3-6(12)13)8(15)16-5;3-1-2-4/h2,4,11,14H,3H2,1H3,(H,12,13);4H,1-3H2. The molecule has 1 atom stereocenters. The highest BCUT2D eigenvalue weighted by atomic mass is 32.1. The maximum absolute atomic E-state index is 10.5. The predicted molar refractivity (Wildman–Crippen MR) is 77.9 cm³/mol. The van der Waals surface area contributed by atoms with E-state index < -0.39 is 18.7 Å². The van der Waals surface area contributed by atoms with Crippen molar-refractivity contribution in [3.8, 4) is 5.88 Å². The number of aromatic nitrogens is 1. The molecule has 0 saturated carbocycles. The number of aliphatic hydroxyl groups is 2. The average molecular weight is 323 g/mol. The van der Waals surface area contributed by atoms with Gasteiger partial charge in [-0.3, -0.25) is 14.4 Å². The minimum Gasteiger partial charge on any atom is -0.493 e. The van der Waals surface area contributed by atoms with Gasteiger partial charge in [0.25, 0.3) is 0 Å². The van der Waals surface area contributed by atoms with Crippen molar-refractivity contribution in [2.45, 2.75) is 19.7 Å². The third-order valence-electron chi connectivity index (χ3n) is 1.72. The molecular weight excluding hydrogens is 306 g/mol. The molecule has 0 fully saturated rings. The molecule has 0 amide bonds. The monoisotopic (exact) mass is 323 g/mol. The van der Waals surface area contributed by atoms with Gasteiger partial charge in [0.2, 0.25) is 5.88 Å². The number of rotatable bonds is 5. The summed E-state index contributed by atoms with van der Waals surface area (Å²) in [6.45, 7) is 1.53. The van der Waals surface area contributed by atoms with E-state index in [0.717, 1.165) is 15.9 Å². The third kappa shape index (κ3) is 6.73. The van der Waals surface area contributed by atoms with Crippen LogP contribution < -0.4 is 5.73 Å². The van der Waals surface area contributed by atoms with Gasteiger partial charge in [0.15, 0.2) is 3.95 Å². The summed E-state index contributed by atoms with van der Waals surface area (Å²) in [5, 5.41) is 34.9. The number of carboxylic acid groups (broad SMARTS) is 1. The number of aromatic hydroxyl groups is 1. The number of nitrogens with two attached hydrogens (primary N) is 1. The smallest absolute Gasteiger partial charge is 0.323 e. The minimum absolute atomic E-state index is 0.0972. The summed E-state index contributed by atoms with van der Waals surface area (Å²) in [4.78, 5) is 14.5. The topological polar surface area (TPSA) is 141 Å². The van der Waals surface area contributed by atoms with Gasteiger partial charge in [0.1, 0.15) is 17.6 Å². The summed E-state index contributed by atoms with van der Waals surface area (Å²) in [7, 11) is 0. The Kier molecular flexibility index (Phi) is 8.92. The van der Waals surface area contributed by atoms with Crippen molar-refractivity contribution >= 4 is 35.7 Å². The highest BCUT2D eigenvalue weighted by molar-refractivity contribution is 7.73. The second-order valence-electron chi connectivity index (χ2n) is 3.46. The molecule has 1 rings (SSSR count). The number of hydrogen-bond donors (Lipinski definition) is 5. The quantitative estimate of drug-likeness (QED) is 0.372. The van der Waals surface area contributed by atoms with Gasteiger partial charge in [-0.25, -0.2) is 0 Å². The predicted octanol–water partition coefficient (Wildman–Crippen LogP) is -0.236. The van der Waals surface area contributed by atoms with E-state index in [1.165, 1.54) is 13.1 Å². The molecule has 0 spiro atoms. The summed E-state index contributed by atoms with van der Waals surface area (Å²) in [5.74, 6) is -1.34. The van der Waals surface area contributed by atoms with Crippen molar-refractivity contribution in [3.63, 3.8) is 0 Å². The van der Waals surface area contributed by atoms with E-state index in [1.807, 2.05) is 0 Å². The number of carbonyl (C=O) groups is 1. The molecule has 1 unspecified atom stereocenters. The Morgan fingerprint density at radius 3 is 2.60 bits per heavy atom. The van der Waals surface area contributed by atoms with Crippen LogP contribution in [0.4, 0.5) is 0 Å². The third-order valence-corrected chi connectivity index (χ3v) is 3.10. The first-order valence-electron chi connectivity index (χ1n) is 5.50. The highest BCUT2D eigenvalue weighted by Crippen LogP contribution is 2.24. The molecule has 0 aliphatic rings. The lowest BCUT2D eigenvalue weighted by Gasteiger charge is -1.99. The van der Waals surface area contributed by atoms with E-state index in [-0.39, 0.29) is 16.4 Å². The molecule has 1 aromatic heterocycles. The van der Waals surface area contributed by atoms with Gasteiger partial charge in [-0.05, 0) is 19.1 Å². The molecule has 10 heteroatoms. The molecule has 6 N–H and O–H groups in total. The molecule has 0 aliphatic heterocycles. The van der Waals surface area contributed by atoms with Crippen molar-refractivity contribution < 1.29 is 25.2 Å². The van der Waals surface area contributed by atoms with Gasteiger partial charge < -0.3 is 26.2 Å². The Hall–Kier alpha value is -1.33. The van der Waals surface area contributed by atoms with Crippen molar-refractivity contribution in [1.82, 2.24) is 4.57 Å². The maximum Gasteiger partial charge on any atom is 0.323 e. The fourth-order valence-corrected chi connectivity index (χ4v) is 2.13. The Labute approximate surface area is 124 Å². The van der Waals surface area contributed by atoms with Gasteiger partial charge >= 0.3 is 5.97 Å². The average Bonchev–Trinajstić information content (AvgIpc) is 2.64. The molecule has 0 radical (unpaired) electrons. The summed E-state index contributed by atoms with van der Waals surface area (Å²) >= 11 is 5.92. The number of carboxylic acids is 1. The van der Waals surface area contributed by atoms with Crippen molar-refractivity contribution in [3.05, 3.63) is 8.83 Å². The fourth-order valence-electron chi connectivity index (χ4n) is 0.949. The van der Waals surface area contributed by atoms with Gasteiger partial charge in [-0.2, -0.15) is 0 Å². The van der Waals surface area contributed by atoms with E-state index in [9.17, 15) is 9.90 Å². The van der Waals surface area contributed by atoms with Crippen LogP contribution in [-0.4, -0.2) is 56.6 Å². The van der Waals surface area contributed by atoms with Crippen LogP contribution in [0.25, 0.3) is 0 Å². The normalized spacial score (nSPS) is 12.0. The number of aliphatic imine (C=N–C) groups is 1. The second kappa shape index (κ2) is 9.55. The van der Waals surface area contributed by atoms with Crippen LogP contribution in [-0.2, 0) is 11.3 Å². The van der Waals surface area contributed by atoms with Gasteiger partial charge in [-0.1, -0.05) is 11.3 Å². The maximum atomic E-state index is 10.5. The molecule has 0 aromatic carbocycles. The molecule has 0 aliphatic carbocycles. The molecular formula is C10H17N3O5S2. The SMILES string of the molecule is CC(O)N=Cc1sc(=S)n(CC(=O)O)c1O.NCCO. The van der Waals surface area contributed by atoms with E-state index in [1.54, 1.807) is 0 Å². The van der Waals surface area contributed by atoms with Crippen molar-refractivity contribution in [2.24, 2.45) is 10.7 Å². The highest BCUT2D eigenvalue weighted by Gasteiger charge is 2.12. The lowest BCUT2D eigenvalue weighted by molar-refractivity contribution is -0.137. The van der Waals surface area contributed by atoms with Crippen LogP contribution in [0.3, 0.4) is 0 Å². The van der Waals surface area contributed by atoms with Crippen LogP contribution >= 0.6 is 23.6 Å². The number of nitrogens with zero attached hydrogens (tertiary/aromatic N) is 2. The molecule has 8 nitrogen and oxygen atoms in total. The summed E-state index contributed by atoms with van der Waals surface area (Å²) in [5.41, 5.74) is 4.78. The zero-order chi connectivity index (χ0) is 15.7. The number of thiazole rings is 1. The zero-order valence-electron chi connectivity index (χ0n) is 10.8. The largest absolute Gasteiger partial charge is 0.493 e. The Morgan fingerprint density at radius 2 is 2.20 bits per heavy atom. The van der Waals surface area contributed by atoms with Crippen LogP contribution in [0.1, 0.15) is 11.8 Å². The molecule has 0 bridgehead atoms.